The molecule has 326 valence electrons. The van der Waals surface area contributed by atoms with Gasteiger partial charge in [-0.25, -0.2) is 9.98 Å². The second kappa shape index (κ2) is 19.4. The molecular weight excluding hydrogens is 861 g/mol. The Hall–Kier alpha value is -2.61. The highest BCUT2D eigenvalue weighted by Gasteiger charge is 2.53. The molecule has 16 heteroatoms. The molecule has 1 aromatic heterocycles. The SMILES string of the molecule is CC(=O)N=C1[C@H](C)C[C@@]2(C)OC/C(=N/OCc3cccc(N)n3)CC[C@H]([C@H]1C)[C@](C)(O)[C@@H](I)OC(=O)[C@H](C)C(=O)[C@H](C)[C@H]2O[C@@H]1O[C@H](C)C[C@H](N(C)C(C)(C)C)[C@H]1O. The number of oxime groups is 1. The average Bonchev–Trinajstić information content (AvgIpc) is 3.14. The predicted octanol–water partition coefficient (Wildman–Crippen LogP) is 5.26. The Kier molecular flexibility index (Phi) is 16.1. The fourth-order valence-corrected chi connectivity index (χ4v) is 9.37. The second-order valence-corrected chi connectivity index (χ2v) is 19.2. The van der Waals surface area contributed by atoms with Crippen molar-refractivity contribution in [2.24, 2.45) is 39.7 Å². The first kappa shape index (κ1) is 48.1. The molecule has 0 saturated carbocycles. The van der Waals surface area contributed by atoms with Crippen molar-refractivity contribution in [2.75, 3.05) is 19.4 Å². The van der Waals surface area contributed by atoms with Gasteiger partial charge in [0.25, 0.3) is 0 Å². The van der Waals surface area contributed by atoms with Gasteiger partial charge in [-0.1, -0.05) is 32.0 Å². The van der Waals surface area contributed by atoms with E-state index in [1.165, 1.54) is 13.8 Å². The summed E-state index contributed by atoms with van der Waals surface area (Å²) in [6, 6.07) is 4.86. The van der Waals surface area contributed by atoms with Crippen LogP contribution in [0.15, 0.2) is 28.3 Å². The molecule has 3 aliphatic heterocycles. The van der Waals surface area contributed by atoms with Gasteiger partial charge in [-0.15, -0.1) is 0 Å². The summed E-state index contributed by atoms with van der Waals surface area (Å²) in [5.74, 6) is -5.21. The molecule has 1 amide bonds. The molecule has 3 aliphatic rings. The molecule has 13 atom stereocenters. The Morgan fingerprint density at radius 3 is 2.43 bits per heavy atom. The molecule has 4 rings (SSSR count). The number of hydrogen-bond acceptors (Lipinski definition) is 14. The number of carbonyl (C=O) groups is 3. The quantitative estimate of drug-likeness (QED) is 0.110. The lowest BCUT2D eigenvalue weighted by Crippen LogP contribution is -2.62. The lowest BCUT2D eigenvalue weighted by molar-refractivity contribution is -0.299. The van der Waals surface area contributed by atoms with Crippen LogP contribution in [0.4, 0.5) is 5.82 Å². The number of fused-ring (bicyclic) bond motifs is 5. The number of aliphatic hydroxyl groups excluding tert-OH is 1. The zero-order valence-corrected chi connectivity index (χ0v) is 38.4. The maximum absolute atomic E-state index is 14.5. The number of hydrogen-bond donors (Lipinski definition) is 3. The third kappa shape index (κ3) is 11.4. The van der Waals surface area contributed by atoms with Gasteiger partial charge in [0.2, 0.25) is 5.91 Å². The minimum absolute atomic E-state index is 0.0238. The molecule has 4 N–H and O–H groups in total. The number of aliphatic imine (C=N–C) groups is 1. The Morgan fingerprint density at radius 2 is 1.81 bits per heavy atom. The van der Waals surface area contributed by atoms with E-state index >= 15 is 0 Å². The number of ketones is 1. The van der Waals surface area contributed by atoms with Gasteiger partial charge in [0.15, 0.2) is 22.8 Å². The number of ether oxygens (including phenoxy) is 4. The van der Waals surface area contributed by atoms with Crippen molar-refractivity contribution in [1.29, 1.82) is 0 Å². The average molecular weight is 928 g/mol. The van der Waals surface area contributed by atoms with Crippen molar-refractivity contribution < 1.29 is 48.4 Å². The molecule has 0 spiro atoms. The Labute approximate surface area is 357 Å². The molecule has 0 aromatic carbocycles. The number of esters is 1. The molecule has 0 radical (unpaired) electrons. The van der Waals surface area contributed by atoms with E-state index in [1.807, 2.05) is 57.3 Å². The number of halogens is 1. The van der Waals surface area contributed by atoms with E-state index in [0.717, 1.165) is 0 Å². The van der Waals surface area contributed by atoms with Crippen molar-refractivity contribution in [3.63, 3.8) is 0 Å². The van der Waals surface area contributed by atoms with Crippen molar-refractivity contribution in [2.45, 2.75) is 160 Å². The molecule has 3 saturated heterocycles. The van der Waals surface area contributed by atoms with Gasteiger partial charge >= 0.3 is 5.97 Å². The molecule has 0 aliphatic carbocycles. The van der Waals surface area contributed by atoms with Crippen LogP contribution in [0.25, 0.3) is 0 Å². The second-order valence-electron chi connectivity index (χ2n) is 18.0. The lowest BCUT2D eigenvalue weighted by Gasteiger charge is -2.49. The van der Waals surface area contributed by atoms with E-state index in [0.29, 0.717) is 35.8 Å². The van der Waals surface area contributed by atoms with Crippen LogP contribution in [0.5, 0.6) is 0 Å². The Bertz CT molecular complexity index is 1690. The third-order valence-electron chi connectivity index (χ3n) is 12.3. The number of anilines is 1. The first-order valence-electron chi connectivity index (χ1n) is 20.3. The fraction of sp³-hybridized carbons (Fsp3) is 0.762. The van der Waals surface area contributed by atoms with Crippen LogP contribution < -0.4 is 5.73 Å². The van der Waals surface area contributed by atoms with E-state index in [1.54, 1.807) is 32.0 Å². The number of pyridine rings is 1. The number of aromatic nitrogens is 1. The number of rotatable bonds is 6. The zero-order valence-electron chi connectivity index (χ0n) is 36.2. The van der Waals surface area contributed by atoms with Gasteiger partial charge in [-0.05, 0) is 128 Å². The summed E-state index contributed by atoms with van der Waals surface area (Å²) in [4.78, 5) is 57.9. The topological polar surface area (TPSA) is 205 Å². The Balaban J connectivity index is 1.92. The molecule has 0 unspecified atom stereocenters. The smallest absolute Gasteiger partial charge is 0.317 e. The molecule has 15 nitrogen and oxygen atoms in total. The van der Waals surface area contributed by atoms with Crippen molar-refractivity contribution in [1.82, 2.24) is 9.88 Å². The normalized spacial score (nSPS) is 38.8. The number of aliphatic hydroxyl groups is 2. The number of amides is 1. The highest BCUT2D eigenvalue weighted by Crippen LogP contribution is 2.43. The van der Waals surface area contributed by atoms with E-state index in [9.17, 15) is 24.6 Å². The summed E-state index contributed by atoms with van der Waals surface area (Å²) in [5.41, 5.74) is 4.15. The van der Waals surface area contributed by atoms with E-state index < -0.39 is 81.1 Å². The summed E-state index contributed by atoms with van der Waals surface area (Å²) in [7, 11) is 1.95. The molecule has 2 bridgehead atoms. The number of nitrogens with zero attached hydrogens (tertiary/aromatic N) is 4. The zero-order chi connectivity index (χ0) is 43.5. The van der Waals surface area contributed by atoms with Gasteiger partial charge in [-0.3, -0.25) is 19.3 Å². The van der Waals surface area contributed by atoms with Crippen molar-refractivity contribution in [3.05, 3.63) is 23.9 Å². The van der Waals surface area contributed by atoms with Crippen LogP contribution >= 0.6 is 22.6 Å². The highest BCUT2D eigenvalue weighted by molar-refractivity contribution is 14.1. The summed E-state index contributed by atoms with van der Waals surface area (Å²) < 4.78 is 24.9. The number of cyclic esters (lactones) is 1. The van der Waals surface area contributed by atoms with Crippen LogP contribution in [-0.2, 0) is 44.8 Å². The predicted molar refractivity (Wildman–Crippen MR) is 228 cm³/mol. The molecular formula is C42H66IN5O10. The monoisotopic (exact) mass is 927 g/mol. The minimum atomic E-state index is -1.66. The van der Waals surface area contributed by atoms with Gasteiger partial charge < -0.3 is 39.7 Å². The van der Waals surface area contributed by atoms with Crippen molar-refractivity contribution >= 4 is 57.5 Å². The molecule has 3 fully saturated rings. The van der Waals surface area contributed by atoms with Crippen LogP contribution in [0.3, 0.4) is 0 Å². The number of likely N-dealkylation sites (N-methyl/N-ethyl adjacent to an activating group) is 1. The fourth-order valence-electron chi connectivity index (χ4n) is 8.66. The lowest BCUT2D eigenvalue weighted by atomic mass is 9.70. The van der Waals surface area contributed by atoms with Gasteiger partial charge in [0.1, 0.15) is 23.4 Å². The van der Waals surface area contributed by atoms with E-state index in [2.05, 4.69) is 40.8 Å². The highest BCUT2D eigenvalue weighted by atomic mass is 127. The van der Waals surface area contributed by atoms with Gasteiger partial charge in [0.05, 0.1) is 35.8 Å². The molecule has 58 heavy (non-hydrogen) atoms. The first-order chi connectivity index (χ1) is 26.9. The maximum Gasteiger partial charge on any atom is 0.317 e. The molecule has 1 aromatic rings. The Morgan fingerprint density at radius 1 is 1.14 bits per heavy atom. The van der Waals surface area contributed by atoms with E-state index in [-0.39, 0.29) is 43.7 Å². The minimum Gasteiger partial charge on any atom is -0.448 e. The maximum atomic E-state index is 14.5. The first-order valence-corrected chi connectivity index (χ1v) is 21.6. The van der Waals surface area contributed by atoms with E-state index in [4.69, 9.17) is 29.5 Å². The summed E-state index contributed by atoms with van der Waals surface area (Å²) in [5, 5.41) is 28.8. The number of alkyl halides is 1. The van der Waals surface area contributed by atoms with Crippen LogP contribution in [0.1, 0.15) is 108 Å². The summed E-state index contributed by atoms with van der Waals surface area (Å²) in [6.07, 6.45) is -2.44. The third-order valence-corrected chi connectivity index (χ3v) is 13.8. The number of Topliss-reactive ketones (excluding diaryl/α,β-unsaturated/α-hetero) is 1. The number of nitrogens with two attached hydrogens (primary N) is 1. The summed E-state index contributed by atoms with van der Waals surface area (Å²) >= 11 is 1.90. The van der Waals surface area contributed by atoms with Gasteiger partial charge in [-0.2, -0.15) is 0 Å². The van der Waals surface area contributed by atoms with Crippen LogP contribution in [0, 0.1) is 29.6 Å². The molecule has 4 heterocycles. The van der Waals surface area contributed by atoms with Gasteiger partial charge in [0, 0.05) is 36.1 Å². The summed E-state index contributed by atoms with van der Waals surface area (Å²) in [6.45, 7) is 19.8. The number of nitrogen functional groups attached to an aromatic ring is 1. The van der Waals surface area contributed by atoms with Crippen molar-refractivity contribution in [3.8, 4) is 0 Å². The number of carbonyl (C=O) groups excluding carboxylic acids is 3. The van der Waals surface area contributed by atoms with Crippen LogP contribution in [0.2, 0.25) is 0 Å². The largest absolute Gasteiger partial charge is 0.448 e. The van der Waals surface area contributed by atoms with Crippen LogP contribution in [-0.4, -0.2) is 114 Å². The standard InChI is InChI=1S/C42H66IN5O10/c1-22-19-41(10)36(57-38-35(51)31(18-23(2)56-38)48(12)40(7,8)9)25(4)34(50)26(5)37(52)58-39(43)42(11,53)30(24(3)33(22)45-27(6)49)17-16-29(20-54-41)47-55-21-28-14-13-15-32(44)46-28/h13-15,22-26,30-31,35-36,38-39,51,53H,16-21H2,1-12H3,(H2,44,46)/b45-33?,47-29+/t22-,23-,24-,25+,26-,30-,31+,35-,36-,38+,39+,41-,42+/m1/s1.